The summed E-state index contributed by atoms with van der Waals surface area (Å²) in [5.74, 6) is -0.131. The lowest BCUT2D eigenvalue weighted by molar-refractivity contribution is -0.0510. The summed E-state index contributed by atoms with van der Waals surface area (Å²) in [4.78, 5) is 21.0. The summed E-state index contributed by atoms with van der Waals surface area (Å²) in [6.07, 6.45) is -8.73. The molecule has 1 fully saturated rings. The number of imidazole rings is 1. The monoisotopic (exact) mass is 299 g/mol. The van der Waals surface area contributed by atoms with Crippen LogP contribution in [0.1, 0.15) is 11.7 Å². The molecule has 108 valence electrons. The topological polar surface area (TPSA) is 160 Å². The van der Waals surface area contributed by atoms with Crippen molar-refractivity contribution >= 4 is 13.6 Å². The zero-order chi connectivity index (χ0) is 17.8. The highest BCUT2D eigenvalue weighted by molar-refractivity contribution is 7.46. The highest BCUT2D eigenvalue weighted by Crippen LogP contribution is 2.38. The molecule has 19 heavy (non-hydrogen) atoms. The fourth-order valence-corrected chi connectivity index (χ4v) is 1.66. The summed E-state index contributed by atoms with van der Waals surface area (Å²) in [5, 5.41) is 20.1. The minimum Gasteiger partial charge on any atom is -0.387 e. The number of aromatic nitrogens is 2. The fourth-order valence-electron chi connectivity index (χ4n) is 1.43. The smallest absolute Gasteiger partial charge is 0.387 e. The van der Waals surface area contributed by atoms with E-state index in [2.05, 4.69) is 9.51 Å². The minimum atomic E-state index is -5.36. The zero-order valence-corrected chi connectivity index (χ0v) is 10.1. The molecule has 1 aromatic rings. The van der Waals surface area contributed by atoms with Gasteiger partial charge in [-0.1, -0.05) is 0 Å². The predicted octanol–water partition coefficient (Wildman–Crippen LogP) is -1.81. The molecule has 0 unspecified atom stereocenters. The number of hydrogen-bond acceptors (Lipinski definition) is 7. The third-order valence-electron chi connectivity index (χ3n) is 2.24. The Labute approximate surface area is 113 Å². The van der Waals surface area contributed by atoms with E-state index in [1.54, 1.807) is 0 Å². The van der Waals surface area contributed by atoms with Crippen LogP contribution in [0.2, 0.25) is 0 Å². The van der Waals surface area contributed by atoms with Gasteiger partial charge in [0.05, 0.1) is 24.6 Å². The van der Waals surface area contributed by atoms with Gasteiger partial charge in [-0.05, 0) is 0 Å². The van der Waals surface area contributed by atoms with Gasteiger partial charge in [0.2, 0.25) is 0 Å². The van der Waals surface area contributed by atoms with E-state index >= 15 is 0 Å². The van der Waals surface area contributed by atoms with Crippen LogP contribution >= 0.6 is 7.82 Å². The molecule has 1 saturated heterocycles. The van der Waals surface area contributed by atoms with E-state index in [0.717, 1.165) is 17.1 Å². The van der Waals surface area contributed by atoms with Crippen molar-refractivity contribution in [3.8, 4) is 0 Å². The number of nitrogens with zero attached hydrogens (tertiary/aromatic N) is 2. The van der Waals surface area contributed by atoms with E-state index in [4.69, 9.17) is 25.7 Å². The maximum atomic E-state index is 10.8. The molecule has 10 nitrogen and oxygen atoms in total. The summed E-state index contributed by atoms with van der Waals surface area (Å²) in [6, 6.07) is 0. The van der Waals surface area contributed by atoms with Crippen LogP contribution in [0.25, 0.3) is 0 Å². The zero-order valence-electron chi connectivity index (χ0n) is 13.2. The first-order valence-electron chi connectivity index (χ1n) is 6.84. The lowest BCUT2D eigenvalue weighted by Gasteiger charge is -2.17. The van der Waals surface area contributed by atoms with E-state index in [9.17, 15) is 14.8 Å². The van der Waals surface area contributed by atoms with E-state index in [1.807, 2.05) is 0 Å². The average Bonchev–Trinajstić information content (AvgIpc) is 2.78. The number of nitrogens with two attached hydrogens (primary N) is 1. The summed E-state index contributed by atoms with van der Waals surface area (Å²) in [5.41, 5.74) is 5.52. The third-order valence-corrected chi connectivity index (χ3v) is 2.58. The molecular weight excluding hydrogens is 281 g/mol. The second kappa shape index (κ2) is 5.17. The SMILES string of the molecule is [2H]C([2H])(OP(=O)(O)O)[C@H]1O[C@@H](n2cncc2N)[C@]([2H])(O)[C@]1([2H])O. The van der Waals surface area contributed by atoms with Gasteiger partial charge in [-0.15, -0.1) is 0 Å². The van der Waals surface area contributed by atoms with Crippen molar-refractivity contribution in [1.29, 1.82) is 0 Å². The summed E-state index contributed by atoms with van der Waals surface area (Å²) >= 11 is 0. The Kier molecular flexibility index (Phi) is 2.68. The molecule has 11 heteroatoms. The Morgan fingerprint density at radius 2 is 2.32 bits per heavy atom. The summed E-state index contributed by atoms with van der Waals surface area (Å²) in [7, 11) is -5.36. The van der Waals surface area contributed by atoms with Crippen molar-refractivity contribution in [2.75, 3.05) is 12.3 Å². The fraction of sp³-hybridized carbons (Fsp3) is 0.625. The van der Waals surface area contributed by atoms with Gasteiger partial charge in [-0.2, -0.15) is 0 Å². The van der Waals surface area contributed by atoms with Gasteiger partial charge in [-0.25, -0.2) is 9.55 Å². The standard InChI is InChI=1S/C8H14N3O7P/c9-5-1-10-3-11(5)8-7(13)6(12)4(18-8)2-17-19(14,15)16/h1,3-4,6-8,12-13H,2,9H2,(H2,14,15,16)/t4-,6-,7-,8-/m1/s1/i2D2,6D,7D. The first-order valence-corrected chi connectivity index (χ1v) is 6.37. The van der Waals surface area contributed by atoms with Crippen molar-refractivity contribution in [1.82, 2.24) is 9.55 Å². The van der Waals surface area contributed by atoms with E-state index in [1.165, 1.54) is 0 Å². The van der Waals surface area contributed by atoms with Crippen molar-refractivity contribution in [3.05, 3.63) is 12.5 Å². The van der Waals surface area contributed by atoms with Gasteiger partial charge in [0, 0.05) is 0 Å². The number of phosphoric ester groups is 1. The van der Waals surface area contributed by atoms with E-state index < -0.39 is 38.9 Å². The molecule has 4 atom stereocenters. The van der Waals surface area contributed by atoms with Gasteiger partial charge < -0.3 is 30.5 Å². The molecule has 0 spiro atoms. The first-order chi connectivity index (χ1) is 10.2. The maximum absolute atomic E-state index is 10.8. The van der Waals surface area contributed by atoms with Gasteiger partial charge in [0.15, 0.2) is 6.23 Å². The third kappa shape index (κ3) is 3.12. The Balaban J connectivity index is 2.44. The number of nitrogen functional groups attached to an aromatic ring is 1. The maximum Gasteiger partial charge on any atom is 0.469 e. The Hall–Kier alpha value is -1.00. The number of phosphoric acid groups is 1. The molecular formula is C8H14N3O7P. The molecule has 2 heterocycles. The molecule has 1 aliphatic rings. The molecule has 0 aliphatic carbocycles. The summed E-state index contributed by atoms with van der Waals surface area (Å²) in [6.45, 7) is -3.41. The number of ether oxygens (including phenoxy) is 1. The molecule has 1 aliphatic heterocycles. The predicted molar refractivity (Wildman–Crippen MR) is 60.6 cm³/mol. The van der Waals surface area contributed by atoms with Crippen LogP contribution in [-0.2, 0) is 13.8 Å². The second-order valence-corrected chi connectivity index (χ2v) is 4.73. The molecule has 0 aromatic carbocycles. The molecule has 0 radical (unpaired) electrons. The van der Waals surface area contributed by atoms with Crippen LogP contribution in [0.4, 0.5) is 5.82 Å². The van der Waals surface area contributed by atoms with E-state index in [-0.39, 0.29) is 5.82 Å². The van der Waals surface area contributed by atoms with Gasteiger partial charge in [0.25, 0.3) is 0 Å². The Morgan fingerprint density at radius 3 is 2.84 bits per heavy atom. The Bertz CT molecular complexity index is 647. The normalized spacial score (nSPS) is 43.4. The quantitative estimate of drug-likeness (QED) is 0.404. The van der Waals surface area contributed by atoms with Crippen LogP contribution in [0, 0.1) is 0 Å². The number of anilines is 1. The van der Waals surface area contributed by atoms with Crippen molar-refractivity contribution in [2.24, 2.45) is 0 Å². The summed E-state index contributed by atoms with van der Waals surface area (Å²) < 4.78 is 50.9. The average molecular weight is 299 g/mol. The van der Waals surface area contributed by atoms with Crippen LogP contribution in [0.5, 0.6) is 0 Å². The second-order valence-electron chi connectivity index (χ2n) is 3.56. The first kappa shape index (κ1) is 9.83. The lowest BCUT2D eigenvalue weighted by atomic mass is 10.1. The molecule has 6 N–H and O–H groups in total. The van der Waals surface area contributed by atoms with Crippen molar-refractivity contribution in [3.63, 3.8) is 0 Å². The number of hydrogen-bond donors (Lipinski definition) is 5. The van der Waals surface area contributed by atoms with Crippen LogP contribution < -0.4 is 5.73 Å². The molecule has 2 rings (SSSR count). The van der Waals surface area contributed by atoms with Crippen LogP contribution in [-0.4, -0.2) is 54.4 Å². The van der Waals surface area contributed by atoms with Gasteiger partial charge in [-0.3, -0.25) is 9.09 Å². The highest BCUT2D eigenvalue weighted by Gasteiger charge is 2.44. The Morgan fingerprint density at radius 1 is 1.63 bits per heavy atom. The van der Waals surface area contributed by atoms with Crippen molar-refractivity contribution < 1.29 is 39.3 Å². The van der Waals surface area contributed by atoms with Gasteiger partial charge >= 0.3 is 7.82 Å². The van der Waals surface area contributed by atoms with Gasteiger partial charge in [0.1, 0.15) is 24.1 Å². The number of aliphatic hydroxyl groups is 2. The lowest BCUT2D eigenvalue weighted by Crippen LogP contribution is -2.33. The molecule has 0 bridgehead atoms. The number of rotatable bonds is 4. The minimum absolute atomic E-state index is 0.131. The largest absolute Gasteiger partial charge is 0.469 e. The molecule has 0 amide bonds. The molecule has 0 saturated carbocycles. The van der Waals surface area contributed by atoms with Crippen molar-refractivity contribution in [2.45, 2.75) is 24.5 Å². The van der Waals surface area contributed by atoms with Crippen LogP contribution in [0.15, 0.2) is 12.5 Å². The highest BCUT2D eigenvalue weighted by atomic mass is 31.2. The van der Waals surface area contributed by atoms with E-state index in [0.29, 0.717) is 0 Å². The van der Waals surface area contributed by atoms with Crippen LogP contribution in [0.3, 0.4) is 0 Å². The molecule has 1 aromatic heterocycles.